The van der Waals surface area contributed by atoms with Crippen LogP contribution in [-0.4, -0.2) is 29.7 Å². The number of carbonyl (C=O) groups is 2. The molecule has 3 heterocycles. The molecule has 0 amide bonds. The Morgan fingerprint density at radius 1 is 0.979 bits per heavy atom. The minimum absolute atomic E-state index is 0.186. The van der Waals surface area contributed by atoms with Crippen LogP contribution in [0.1, 0.15) is 51.8 Å². The number of hydrogen-bond donors (Lipinski definition) is 0. The van der Waals surface area contributed by atoms with E-state index in [1.807, 2.05) is 72.1 Å². The van der Waals surface area contributed by atoms with Gasteiger partial charge in [0.2, 0.25) is 0 Å². The zero-order valence-corrected chi connectivity index (χ0v) is 31.2. The second-order valence-corrected chi connectivity index (χ2v) is 14.5. The van der Waals surface area contributed by atoms with Gasteiger partial charge in [0.1, 0.15) is 18.4 Å². The minimum atomic E-state index is -0.714. The average Bonchev–Trinajstić information content (AvgIpc) is 3.72. The fourth-order valence-electron chi connectivity index (χ4n) is 5.24. The van der Waals surface area contributed by atoms with Gasteiger partial charge in [-0.15, -0.1) is 11.3 Å². The normalized spacial score (nSPS) is 14.3. The molecule has 2 aromatic heterocycles. The van der Waals surface area contributed by atoms with E-state index in [1.165, 1.54) is 22.7 Å². The van der Waals surface area contributed by atoms with Crippen molar-refractivity contribution in [1.82, 2.24) is 4.57 Å². The van der Waals surface area contributed by atoms with E-state index < -0.39 is 12.0 Å². The largest absolute Gasteiger partial charge is 0.487 e. The summed E-state index contributed by atoms with van der Waals surface area (Å²) < 4.78 is 20.6. The van der Waals surface area contributed by atoms with Gasteiger partial charge in [-0.25, -0.2) is 14.6 Å². The number of thiophene rings is 1. The third kappa shape index (κ3) is 7.12. The number of hydrogen-bond acceptors (Lipinski definition) is 9. The van der Waals surface area contributed by atoms with Crippen LogP contribution in [0, 0.1) is 3.57 Å². The fourth-order valence-corrected chi connectivity index (χ4v) is 8.77. The molecule has 1 atom stereocenters. The van der Waals surface area contributed by atoms with Crippen molar-refractivity contribution in [2.45, 2.75) is 26.5 Å². The Kier molecular flexibility index (Phi) is 10.7. The number of rotatable bonds is 10. The van der Waals surface area contributed by atoms with E-state index in [0.29, 0.717) is 44.1 Å². The van der Waals surface area contributed by atoms with Crippen LogP contribution in [0.15, 0.2) is 104 Å². The highest BCUT2D eigenvalue weighted by atomic mass is 127. The lowest BCUT2D eigenvalue weighted by Crippen LogP contribution is -2.39. The van der Waals surface area contributed by atoms with E-state index in [4.69, 9.17) is 19.2 Å². The number of carbonyl (C=O) groups excluding carboxylic acids is 2. The van der Waals surface area contributed by atoms with E-state index >= 15 is 0 Å². The van der Waals surface area contributed by atoms with E-state index in [-0.39, 0.29) is 24.7 Å². The van der Waals surface area contributed by atoms with E-state index in [2.05, 4.69) is 38.5 Å². The fraction of sp³-hybridized carbons (Fsp3) is 0.167. The maximum absolute atomic E-state index is 14.3. The first-order valence-electron chi connectivity index (χ1n) is 15.0. The van der Waals surface area contributed by atoms with Crippen LogP contribution in [0.2, 0.25) is 0 Å². The monoisotopic (exact) mass is 854 g/mol. The van der Waals surface area contributed by atoms with E-state index in [9.17, 15) is 14.4 Å². The third-order valence-corrected chi connectivity index (χ3v) is 10.5. The van der Waals surface area contributed by atoms with Crippen molar-refractivity contribution in [1.29, 1.82) is 0 Å². The molecule has 0 unspecified atom stereocenters. The van der Waals surface area contributed by atoms with Crippen LogP contribution < -0.4 is 19.6 Å². The van der Waals surface area contributed by atoms with Gasteiger partial charge >= 0.3 is 11.9 Å². The molecule has 8 nitrogen and oxygen atoms in total. The highest BCUT2D eigenvalue weighted by Crippen LogP contribution is 2.37. The van der Waals surface area contributed by atoms with Gasteiger partial charge in [0.25, 0.3) is 5.56 Å². The van der Waals surface area contributed by atoms with Gasteiger partial charge in [0.05, 0.1) is 38.1 Å². The zero-order chi connectivity index (χ0) is 33.8. The number of thiazole rings is 1. The molecular weight excluding hydrogens is 827 g/mol. The minimum Gasteiger partial charge on any atom is -0.487 e. The van der Waals surface area contributed by atoms with Crippen LogP contribution in [0.4, 0.5) is 0 Å². The van der Waals surface area contributed by atoms with E-state index in [1.54, 1.807) is 36.6 Å². The summed E-state index contributed by atoms with van der Waals surface area (Å²) in [5.74, 6) is -0.283. The highest BCUT2D eigenvalue weighted by Gasteiger charge is 2.35. The molecule has 0 N–H and O–H groups in total. The van der Waals surface area contributed by atoms with E-state index in [0.717, 1.165) is 24.0 Å². The Hall–Kier alpha value is -3.85. The van der Waals surface area contributed by atoms with Crippen LogP contribution >= 0.6 is 61.2 Å². The van der Waals surface area contributed by atoms with Crippen LogP contribution in [-0.2, 0) is 20.9 Å². The van der Waals surface area contributed by atoms with Crippen LogP contribution in [0.5, 0.6) is 5.75 Å². The summed E-state index contributed by atoms with van der Waals surface area (Å²) >= 11 is 8.53. The Balaban J connectivity index is 1.45. The first kappa shape index (κ1) is 34.0. The second-order valence-electron chi connectivity index (χ2n) is 10.5. The number of esters is 2. The molecule has 0 spiro atoms. The molecule has 6 rings (SSSR count). The lowest BCUT2D eigenvalue weighted by Gasteiger charge is -2.24. The van der Waals surface area contributed by atoms with Gasteiger partial charge < -0.3 is 14.2 Å². The van der Waals surface area contributed by atoms with Crippen molar-refractivity contribution in [3.05, 3.63) is 145 Å². The molecule has 1 aliphatic heterocycles. The summed E-state index contributed by atoms with van der Waals surface area (Å²) in [6, 6.07) is 23.5. The summed E-state index contributed by atoms with van der Waals surface area (Å²) in [5.41, 5.74) is 3.31. The topological polar surface area (TPSA) is 96.2 Å². The molecule has 1 aliphatic rings. The average molecular weight is 856 g/mol. The number of halogens is 2. The first-order chi connectivity index (χ1) is 23.3. The van der Waals surface area contributed by atoms with Crippen LogP contribution in [0.3, 0.4) is 0 Å². The summed E-state index contributed by atoms with van der Waals surface area (Å²) in [4.78, 5) is 46.2. The predicted octanol–water partition coefficient (Wildman–Crippen LogP) is 7.12. The lowest BCUT2D eigenvalue weighted by molar-refractivity contribution is -0.138. The van der Waals surface area contributed by atoms with Gasteiger partial charge in [0, 0.05) is 20.5 Å². The summed E-state index contributed by atoms with van der Waals surface area (Å²) in [5, 5.41) is 1.92. The Labute approximate surface area is 306 Å². The number of nitrogens with zero attached hydrogens (tertiary/aromatic N) is 2. The SMILES string of the molecule is CCOC(=O)C1=C(c2ccccc2)N=c2s/c(=C\c3cc(Br)cc(I)c3OCc3ccc(C(=O)OCC)cc3)c(=O)n2[C@@H]1c1cccs1. The highest BCUT2D eigenvalue weighted by molar-refractivity contribution is 14.1. The van der Waals surface area contributed by atoms with Gasteiger partial charge in [-0.1, -0.05) is 75.8 Å². The molecule has 12 heteroatoms. The molecular formula is C36H28BrIN2O6S2. The molecule has 0 radical (unpaired) electrons. The summed E-state index contributed by atoms with van der Waals surface area (Å²) in [6.45, 7) is 4.26. The van der Waals surface area contributed by atoms with Crippen LogP contribution in [0.25, 0.3) is 11.8 Å². The number of ether oxygens (including phenoxy) is 3. The smallest absolute Gasteiger partial charge is 0.338 e. The summed E-state index contributed by atoms with van der Waals surface area (Å²) in [6.07, 6.45) is 1.80. The quantitative estimate of drug-likeness (QED) is 0.110. The Morgan fingerprint density at radius 3 is 2.40 bits per heavy atom. The first-order valence-corrected chi connectivity index (χ1v) is 18.6. The van der Waals surface area contributed by atoms with Gasteiger partial charge in [-0.3, -0.25) is 9.36 Å². The third-order valence-electron chi connectivity index (χ3n) is 7.36. The molecule has 3 aromatic carbocycles. The molecule has 48 heavy (non-hydrogen) atoms. The maximum Gasteiger partial charge on any atom is 0.338 e. The second kappa shape index (κ2) is 15.1. The van der Waals surface area contributed by atoms with Gasteiger partial charge in [0.15, 0.2) is 4.80 Å². The van der Waals surface area contributed by atoms with Crippen molar-refractivity contribution in [2.24, 2.45) is 4.99 Å². The predicted molar refractivity (Wildman–Crippen MR) is 199 cm³/mol. The van der Waals surface area contributed by atoms with Crippen molar-refractivity contribution in [2.75, 3.05) is 13.2 Å². The Bertz CT molecular complexity index is 2190. The Morgan fingerprint density at radius 2 is 1.71 bits per heavy atom. The maximum atomic E-state index is 14.3. The number of benzene rings is 3. The van der Waals surface area contributed by atoms with Gasteiger partial charge in [-0.2, -0.15) is 0 Å². The zero-order valence-electron chi connectivity index (χ0n) is 25.8. The van der Waals surface area contributed by atoms with Crippen molar-refractivity contribution >= 4 is 84.9 Å². The molecule has 0 fully saturated rings. The van der Waals surface area contributed by atoms with Crippen molar-refractivity contribution in [3.63, 3.8) is 0 Å². The number of aromatic nitrogens is 1. The molecule has 244 valence electrons. The standard InChI is InChI=1S/C36H28BrIN2O6S2/c1-3-44-34(42)23-14-12-21(13-15-23)20-46-32-24(17-25(37)19-26(32)38)18-28-33(41)40-31(27-11-8-16-47-27)29(35(43)45-4-2)30(39-36(40)48-28)22-9-6-5-7-10-22/h5-19,31H,3-4,20H2,1-2H3/b28-18-/t31-/m1/s1. The van der Waals surface area contributed by atoms with Crippen molar-refractivity contribution in [3.8, 4) is 5.75 Å². The van der Waals surface area contributed by atoms with Gasteiger partial charge in [-0.05, 0) is 83.8 Å². The molecule has 0 saturated carbocycles. The lowest BCUT2D eigenvalue weighted by atomic mass is 9.97. The summed E-state index contributed by atoms with van der Waals surface area (Å²) in [7, 11) is 0. The molecule has 5 aromatic rings. The number of fused-ring (bicyclic) bond motifs is 1. The molecule has 0 bridgehead atoms. The van der Waals surface area contributed by atoms with Crippen molar-refractivity contribution < 1.29 is 23.8 Å². The molecule has 0 saturated heterocycles. The molecule has 0 aliphatic carbocycles.